The molecule has 2 aromatic heterocycles. The normalized spacial score (nSPS) is 10.4. The van der Waals surface area contributed by atoms with E-state index >= 15 is 0 Å². The van der Waals surface area contributed by atoms with Crippen molar-refractivity contribution in [3.8, 4) is 10.8 Å². The van der Waals surface area contributed by atoms with Crippen molar-refractivity contribution in [3.63, 3.8) is 0 Å². The summed E-state index contributed by atoms with van der Waals surface area (Å²) < 4.78 is 5.20. The predicted octanol–water partition coefficient (Wildman–Crippen LogP) is 2.91. The first-order chi connectivity index (χ1) is 6.68. The van der Waals surface area contributed by atoms with Crippen LogP contribution in [0, 0.1) is 6.92 Å². The maximum atomic E-state index is 11.2. The Hall–Kier alpha value is -1.42. The molecule has 2 aromatic rings. The minimum absolute atomic E-state index is 0.0535. The number of thiazole rings is 1. The van der Waals surface area contributed by atoms with Gasteiger partial charge in [-0.25, -0.2) is 4.98 Å². The number of nitrogens with zero attached hydrogens (tertiary/aromatic N) is 1. The lowest BCUT2D eigenvalue weighted by Gasteiger charge is -1.85. The number of carbonyl (C=O) groups is 1. The quantitative estimate of drug-likeness (QED) is 0.711. The molecule has 0 radical (unpaired) electrons. The molecule has 0 aromatic carbocycles. The van der Waals surface area contributed by atoms with Crippen LogP contribution in [-0.4, -0.2) is 10.8 Å². The van der Waals surface area contributed by atoms with Crippen molar-refractivity contribution in [3.05, 3.63) is 29.0 Å². The van der Waals surface area contributed by atoms with Crippen molar-refractivity contribution in [1.29, 1.82) is 0 Å². The average molecular weight is 207 g/mol. The van der Waals surface area contributed by atoms with E-state index in [1.807, 2.05) is 13.0 Å². The first-order valence-electron chi connectivity index (χ1n) is 4.20. The minimum Gasteiger partial charge on any atom is -0.462 e. The smallest absolute Gasteiger partial charge is 0.171 e. The second-order valence-corrected chi connectivity index (χ2v) is 3.97. The van der Waals surface area contributed by atoms with Crippen LogP contribution in [0.4, 0.5) is 0 Å². The fourth-order valence-corrected chi connectivity index (χ4v) is 2.16. The summed E-state index contributed by atoms with van der Waals surface area (Å²) in [5.74, 6) is 0.767. The van der Waals surface area contributed by atoms with Gasteiger partial charge in [0.2, 0.25) is 0 Å². The summed E-state index contributed by atoms with van der Waals surface area (Å²) in [6.45, 7) is 3.38. The monoisotopic (exact) mass is 207 g/mol. The average Bonchev–Trinajstić information content (AvgIpc) is 2.70. The molecule has 3 nitrogen and oxygen atoms in total. The van der Waals surface area contributed by atoms with Crippen molar-refractivity contribution >= 4 is 17.1 Å². The van der Waals surface area contributed by atoms with Gasteiger partial charge in [-0.3, -0.25) is 4.79 Å². The van der Waals surface area contributed by atoms with Crippen molar-refractivity contribution in [2.45, 2.75) is 13.8 Å². The van der Waals surface area contributed by atoms with Gasteiger partial charge >= 0.3 is 0 Å². The number of aromatic nitrogens is 1. The van der Waals surface area contributed by atoms with Gasteiger partial charge in [-0.05, 0) is 19.1 Å². The molecule has 72 valence electrons. The highest BCUT2D eigenvalue weighted by Crippen LogP contribution is 2.28. The van der Waals surface area contributed by atoms with E-state index in [1.54, 1.807) is 19.3 Å². The van der Waals surface area contributed by atoms with Gasteiger partial charge in [0.05, 0.1) is 16.8 Å². The number of aryl methyl sites for hydroxylation is 1. The molecule has 0 atom stereocenters. The molecule has 2 rings (SSSR count). The summed E-state index contributed by atoms with van der Waals surface area (Å²) >= 11 is 1.37. The number of Topliss-reactive ketones (excluding diaryl/α,β-unsaturated/α-hetero) is 1. The topological polar surface area (TPSA) is 43.1 Å². The molecular weight excluding hydrogens is 198 g/mol. The number of furan rings is 1. The summed E-state index contributed by atoms with van der Waals surface area (Å²) in [7, 11) is 0. The molecule has 0 fully saturated rings. The van der Waals surface area contributed by atoms with Crippen LogP contribution in [0.1, 0.15) is 22.3 Å². The van der Waals surface area contributed by atoms with Gasteiger partial charge in [-0.1, -0.05) is 0 Å². The second kappa shape index (κ2) is 3.38. The lowest BCUT2D eigenvalue weighted by molar-refractivity contribution is 0.102. The van der Waals surface area contributed by atoms with Crippen LogP contribution in [-0.2, 0) is 0 Å². The second-order valence-electron chi connectivity index (χ2n) is 2.97. The van der Waals surface area contributed by atoms with Crippen LogP contribution >= 0.6 is 11.3 Å². The van der Waals surface area contributed by atoms with E-state index in [4.69, 9.17) is 4.42 Å². The molecule has 0 amide bonds. The third kappa shape index (κ3) is 1.48. The highest BCUT2D eigenvalue weighted by Gasteiger charge is 2.13. The Balaban J connectivity index is 2.48. The Morgan fingerprint density at radius 3 is 2.86 bits per heavy atom. The zero-order chi connectivity index (χ0) is 10.1. The summed E-state index contributed by atoms with van der Waals surface area (Å²) in [5.41, 5.74) is 0.772. The Morgan fingerprint density at radius 1 is 1.57 bits per heavy atom. The molecule has 0 unspecified atom stereocenters. The van der Waals surface area contributed by atoms with Gasteiger partial charge < -0.3 is 4.42 Å². The summed E-state index contributed by atoms with van der Waals surface area (Å²) in [6.07, 6.45) is 1.60. The summed E-state index contributed by atoms with van der Waals surface area (Å²) in [5, 5.41) is 0.762. The van der Waals surface area contributed by atoms with Crippen molar-refractivity contribution in [2.75, 3.05) is 0 Å². The van der Waals surface area contributed by atoms with Gasteiger partial charge in [0.1, 0.15) is 0 Å². The fourth-order valence-electron chi connectivity index (χ4n) is 1.23. The Kier molecular flexibility index (Phi) is 2.21. The van der Waals surface area contributed by atoms with Gasteiger partial charge in [0.25, 0.3) is 0 Å². The zero-order valence-corrected chi connectivity index (χ0v) is 8.72. The lowest BCUT2D eigenvalue weighted by atomic mass is 10.3. The third-order valence-electron chi connectivity index (χ3n) is 1.85. The van der Waals surface area contributed by atoms with E-state index in [0.29, 0.717) is 10.6 Å². The van der Waals surface area contributed by atoms with Crippen LogP contribution in [0.2, 0.25) is 0 Å². The molecule has 14 heavy (non-hydrogen) atoms. The molecule has 0 aliphatic carbocycles. The summed E-state index contributed by atoms with van der Waals surface area (Å²) in [6, 6.07) is 3.64. The molecule has 0 N–H and O–H groups in total. The van der Waals surface area contributed by atoms with Crippen LogP contribution in [0.25, 0.3) is 10.8 Å². The van der Waals surface area contributed by atoms with Crippen molar-refractivity contribution in [2.24, 2.45) is 0 Å². The number of ketones is 1. The van der Waals surface area contributed by atoms with Crippen LogP contribution in [0.5, 0.6) is 0 Å². The molecule has 0 aliphatic heterocycles. The number of hydrogen-bond donors (Lipinski definition) is 0. The van der Waals surface area contributed by atoms with E-state index in [1.165, 1.54) is 11.3 Å². The van der Waals surface area contributed by atoms with E-state index < -0.39 is 0 Å². The van der Waals surface area contributed by atoms with E-state index in [-0.39, 0.29) is 5.78 Å². The van der Waals surface area contributed by atoms with Crippen LogP contribution in [0.15, 0.2) is 22.8 Å². The van der Waals surface area contributed by atoms with Crippen LogP contribution in [0.3, 0.4) is 0 Å². The lowest BCUT2D eigenvalue weighted by Crippen LogP contribution is -1.89. The molecule has 0 bridgehead atoms. The molecule has 0 saturated heterocycles. The molecule has 0 aliphatic rings. The maximum Gasteiger partial charge on any atom is 0.171 e. The van der Waals surface area contributed by atoms with Crippen LogP contribution < -0.4 is 0 Å². The molecule has 0 saturated carbocycles. The van der Waals surface area contributed by atoms with E-state index in [0.717, 1.165) is 10.7 Å². The maximum absolute atomic E-state index is 11.2. The third-order valence-corrected chi connectivity index (χ3v) is 3.12. The van der Waals surface area contributed by atoms with Gasteiger partial charge in [0, 0.05) is 6.92 Å². The van der Waals surface area contributed by atoms with E-state index in [9.17, 15) is 4.79 Å². The predicted molar refractivity (Wildman–Crippen MR) is 54.6 cm³/mol. The number of carbonyl (C=O) groups excluding carboxylic acids is 1. The van der Waals surface area contributed by atoms with E-state index in [2.05, 4.69) is 4.98 Å². The number of rotatable bonds is 2. The highest BCUT2D eigenvalue weighted by atomic mass is 32.1. The van der Waals surface area contributed by atoms with Crippen molar-refractivity contribution in [1.82, 2.24) is 4.98 Å². The van der Waals surface area contributed by atoms with Crippen molar-refractivity contribution < 1.29 is 9.21 Å². The zero-order valence-electron chi connectivity index (χ0n) is 7.90. The summed E-state index contributed by atoms with van der Waals surface area (Å²) in [4.78, 5) is 16.2. The van der Waals surface area contributed by atoms with Gasteiger partial charge in [-0.15, -0.1) is 11.3 Å². The van der Waals surface area contributed by atoms with Gasteiger partial charge in [-0.2, -0.15) is 0 Å². The fraction of sp³-hybridized carbons (Fsp3) is 0.200. The Labute approximate surface area is 85.4 Å². The first-order valence-corrected chi connectivity index (χ1v) is 5.02. The SMILES string of the molecule is CC(=O)c1sc(-c2ccco2)nc1C. The number of hydrogen-bond acceptors (Lipinski definition) is 4. The molecular formula is C10H9NO2S. The highest BCUT2D eigenvalue weighted by molar-refractivity contribution is 7.17. The largest absolute Gasteiger partial charge is 0.462 e. The Morgan fingerprint density at radius 2 is 2.36 bits per heavy atom. The van der Waals surface area contributed by atoms with Gasteiger partial charge in [0.15, 0.2) is 16.6 Å². The minimum atomic E-state index is 0.0535. The molecule has 2 heterocycles. The first kappa shape index (κ1) is 9.15. The standard InChI is InChI=1S/C10H9NO2S/c1-6-9(7(2)12)14-10(11-6)8-4-3-5-13-8/h3-5H,1-2H3. The molecule has 0 spiro atoms. The molecule has 4 heteroatoms. The Bertz CT molecular complexity index is 456.